The number of piperidine rings is 1. The number of nitrogens with zero attached hydrogens (tertiary/aromatic N) is 2. The van der Waals surface area contributed by atoms with Gasteiger partial charge in [0.05, 0.1) is 18.0 Å². The number of carbonyl (C=O) groups excluding carboxylic acids is 1. The van der Waals surface area contributed by atoms with Crippen LogP contribution in [0.5, 0.6) is 0 Å². The van der Waals surface area contributed by atoms with Gasteiger partial charge in [-0.15, -0.1) is 21.5 Å². The fraction of sp³-hybridized carbons (Fsp3) is 0.350. The van der Waals surface area contributed by atoms with Crippen molar-refractivity contribution in [3.63, 3.8) is 0 Å². The summed E-state index contributed by atoms with van der Waals surface area (Å²) in [5.41, 5.74) is 0.859. The Balaban J connectivity index is 1.33. The molecule has 1 atom stereocenters. The molecular formula is C20H23N4O2S+. The van der Waals surface area contributed by atoms with E-state index in [2.05, 4.69) is 22.4 Å². The molecule has 0 aliphatic carbocycles. The highest BCUT2D eigenvalue weighted by Crippen LogP contribution is 2.24. The van der Waals surface area contributed by atoms with Gasteiger partial charge in [-0.1, -0.05) is 24.3 Å². The van der Waals surface area contributed by atoms with Gasteiger partial charge >= 0.3 is 0 Å². The number of benzene rings is 1. The molecule has 2 N–H and O–H groups in total. The first-order chi connectivity index (χ1) is 13.2. The second-order valence-electron chi connectivity index (χ2n) is 6.93. The molecule has 6 nitrogen and oxygen atoms in total. The van der Waals surface area contributed by atoms with Crippen molar-refractivity contribution in [1.82, 2.24) is 10.2 Å². The number of aromatic nitrogens is 2. The van der Waals surface area contributed by atoms with Gasteiger partial charge in [0.2, 0.25) is 5.91 Å². The highest BCUT2D eigenvalue weighted by atomic mass is 32.1. The van der Waals surface area contributed by atoms with E-state index in [0.29, 0.717) is 11.8 Å². The van der Waals surface area contributed by atoms with Crippen molar-refractivity contribution in [2.75, 3.05) is 18.4 Å². The lowest BCUT2D eigenvalue weighted by Gasteiger charge is -2.31. The minimum Gasteiger partial charge on any atom is -0.414 e. The number of rotatable bonds is 5. The number of amides is 1. The van der Waals surface area contributed by atoms with Crippen LogP contribution in [0.3, 0.4) is 0 Å². The molecular weight excluding hydrogens is 360 g/mol. The molecule has 3 heterocycles. The first-order valence-corrected chi connectivity index (χ1v) is 10.2. The van der Waals surface area contributed by atoms with Gasteiger partial charge in [0.25, 0.3) is 11.8 Å². The van der Waals surface area contributed by atoms with Crippen molar-refractivity contribution in [3.8, 4) is 10.8 Å². The summed E-state index contributed by atoms with van der Waals surface area (Å²) >= 11 is 1.59. The summed E-state index contributed by atoms with van der Waals surface area (Å²) in [7, 11) is 0. The molecule has 1 amide bonds. The molecule has 1 saturated heterocycles. The van der Waals surface area contributed by atoms with Gasteiger partial charge in [-0.25, -0.2) is 0 Å². The molecule has 1 aliphatic rings. The molecule has 0 spiro atoms. The number of hydrogen-bond acceptors (Lipinski definition) is 5. The number of carbonyl (C=O) groups is 1. The zero-order chi connectivity index (χ0) is 18.6. The minimum absolute atomic E-state index is 0.0607. The predicted molar refractivity (Wildman–Crippen MR) is 105 cm³/mol. The molecule has 1 aromatic carbocycles. The largest absolute Gasteiger partial charge is 0.414 e. The third kappa shape index (κ3) is 4.09. The van der Waals surface area contributed by atoms with Crippen LogP contribution in [0.4, 0.5) is 5.69 Å². The summed E-state index contributed by atoms with van der Waals surface area (Å²) < 4.78 is 5.88. The Morgan fingerprint density at radius 3 is 2.67 bits per heavy atom. The third-order valence-corrected chi connectivity index (χ3v) is 6.05. The van der Waals surface area contributed by atoms with E-state index in [1.807, 2.05) is 47.8 Å². The van der Waals surface area contributed by atoms with Crippen molar-refractivity contribution >= 4 is 22.9 Å². The van der Waals surface area contributed by atoms with Crippen LogP contribution in [0, 0.1) is 5.92 Å². The van der Waals surface area contributed by atoms with Crippen molar-refractivity contribution in [2.45, 2.75) is 25.8 Å². The van der Waals surface area contributed by atoms with Crippen molar-refractivity contribution < 1.29 is 14.1 Å². The van der Waals surface area contributed by atoms with Crippen LogP contribution in [0.25, 0.3) is 10.8 Å². The van der Waals surface area contributed by atoms with Gasteiger partial charge in [0.15, 0.2) is 6.04 Å². The molecule has 0 bridgehead atoms. The molecule has 27 heavy (non-hydrogen) atoms. The average molecular weight is 383 g/mol. The van der Waals surface area contributed by atoms with E-state index in [4.69, 9.17) is 4.42 Å². The quantitative estimate of drug-likeness (QED) is 0.711. The predicted octanol–water partition coefficient (Wildman–Crippen LogP) is 2.79. The Bertz CT molecular complexity index is 871. The van der Waals surface area contributed by atoms with Gasteiger partial charge in [-0.2, -0.15) is 0 Å². The number of likely N-dealkylation sites (tertiary alicyclic amines) is 1. The molecule has 3 aromatic rings. The summed E-state index contributed by atoms with van der Waals surface area (Å²) in [5, 5.41) is 13.4. The molecule has 0 radical (unpaired) electrons. The summed E-state index contributed by atoms with van der Waals surface area (Å²) in [5.74, 6) is 1.43. The Hall–Kier alpha value is -2.51. The Labute approximate surface area is 162 Å². The van der Waals surface area contributed by atoms with Crippen LogP contribution in [-0.2, 0) is 4.79 Å². The second-order valence-corrected chi connectivity index (χ2v) is 7.88. The van der Waals surface area contributed by atoms with Crippen LogP contribution in [0.15, 0.2) is 52.3 Å². The van der Waals surface area contributed by atoms with Crippen LogP contribution in [0.1, 0.15) is 31.7 Å². The zero-order valence-corrected chi connectivity index (χ0v) is 16.0. The average Bonchev–Trinajstić information content (AvgIpc) is 3.40. The fourth-order valence-corrected chi connectivity index (χ4v) is 4.18. The number of nitrogens with one attached hydrogen (secondary N) is 2. The van der Waals surface area contributed by atoms with E-state index < -0.39 is 0 Å². The highest BCUT2D eigenvalue weighted by Gasteiger charge is 2.33. The fourth-order valence-electron chi connectivity index (χ4n) is 3.53. The number of para-hydroxylation sites is 1. The smallest absolute Gasteiger partial charge is 0.274 e. The van der Waals surface area contributed by atoms with Crippen LogP contribution < -0.4 is 10.2 Å². The Morgan fingerprint density at radius 2 is 1.96 bits per heavy atom. The van der Waals surface area contributed by atoms with Gasteiger partial charge < -0.3 is 14.6 Å². The van der Waals surface area contributed by atoms with Gasteiger partial charge in [0.1, 0.15) is 0 Å². The van der Waals surface area contributed by atoms with E-state index in [9.17, 15) is 4.79 Å². The Morgan fingerprint density at radius 1 is 1.19 bits per heavy atom. The summed E-state index contributed by atoms with van der Waals surface area (Å²) in [6.45, 7) is 3.96. The molecule has 0 saturated carbocycles. The first-order valence-electron chi connectivity index (χ1n) is 9.28. The van der Waals surface area contributed by atoms with Crippen molar-refractivity contribution in [3.05, 3.63) is 53.7 Å². The monoisotopic (exact) mass is 383 g/mol. The molecule has 140 valence electrons. The van der Waals surface area contributed by atoms with E-state index >= 15 is 0 Å². The van der Waals surface area contributed by atoms with E-state index in [0.717, 1.165) is 36.5 Å². The number of quaternary nitrogens is 1. The number of hydrogen-bond donors (Lipinski definition) is 2. The maximum atomic E-state index is 12.5. The maximum Gasteiger partial charge on any atom is 0.274 e. The van der Waals surface area contributed by atoms with Crippen LogP contribution >= 0.6 is 11.3 Å². The van der Waals surface area contributed by atoms with Crippen LogP contribution in [0.2, 0.25) is 0 Å². The minimum atomic E-state index is 0.0607. The standard InChI is InChI=1S/C20H22N4O2S/c1-14(19-22-23-20(26-19)17-8-5-13-27-17)24-11-9-15(10-12-24)18(25)21-16-6-3-2-4-7-16/h2-8,13-15H,9-12H2,1H3,(H,21,25)/p+1/t14-/m0/s1. The lowest BCUT2D eigenvalue weighted by atomic mass is 9.95. The SMILES string of the molecule is C[C@@H](c1nnc(-c2cccs2)o1)[NH+]1CCC(C(=O)Nc2ccccc2)CC1. The lowest BCUT2D eigenvalue weighted by molar-refractivity contribution is -0.936. The summed E-state index contributed by atoms with van der Waals surface area (Å²) in [4.78, 5) is 14.9. The highest BCUT2D eigenvalue weighted by molar-refractivity contribution is 7.13. The second kappa shape index (κ2) is 8.02. The zero-order valence-electron chi connectivity index (χ0n) is 15.2. The molecule has 2 aromatic heterocycles. The van der Waals surface area contributed by atoms with Gasteiger partial charge in [0, 0.05) is 24.4 Å². The summed E-state index contributed by atoms with van der Waals surface area (Å²) in [6.07, 6.45) is 1.73. The lowest BCUT2D eigenvalue weighted by Crippen LogP contribution is -3.13. The van der Waals surface area contributed by atoms with E-state index in [-0.39, 0.29) is 17.9 Å². The van der Waals surface area contributed by atoms with Crippen LogP contribution in [-0.4, -0.2) is 29.2 Å². The van der Waals surface area contributed by atoms with E-state index in [1.165, 1.54) is 4.90 Å². The summed E-state index contributed by atoms with van der Waals surface area (Å²) in [6, 6.07) is 13.7. The molecule has 1 aliphatic heterocycles. The number of thiophene rings is 1. The molecule has 7 heteroatoms. The van der Waals surface area contributed by atoms with Gasteiger partial charge in [-0.3, -0.25) is 4.79 Å². The molecule has 0 unspecified atom stereocenters. The van der Waals surface area contributed by atoms with Crippen molar-refractivity contribution in [2.24, 2.45) is 5.92 Å². The first kappa shape index (κ1) is 17.9. The normalized spacial score (nSPS) is 20.9. The third-order valence-electron chi connectivity index (χ3n) is 5.20. The topological polar surface area (TPSA) is 72.5 Å². The Kier molecular flexibility index (Phi) is 5.31. The number of anilines is 1. The van der Waals surface area contributed by atoms with Gasteiger partial charge in [-0.05, 0) is 30.5 Å². The van der Waals surface area contributed by atoms with Crippen molar-refractivity contribution in [1.29, 1.82) is 0 Å². The maximum absolute atomic E-state index is 12.5. The molecule has 4 rings (SSSR count). The molecule has 1 fully saturated rings. The van der Waals surface area contributed by atoms with E-state index in [1.54, 1.807) is 11.3 Å².